The number of carboxylic acids is 1. The number of primary amides is 1. The predicted octanol–water partition coefficient (Wildman–Crippen LogP) is 2.72. The number of amides is 2. The van der Waals surface area contributed by atoms with E-state index in [1.165, 1.54) is 16.9 Å². The van der Waals surface area contributed by atoms with Gasteiger partial charge < -0.3 is 10.8 Å². The molecule has 1 heterocycles. The minimum Gasteiger partial charge on any atom is -0.478 e. The molecule has 5 nitrogen and oxygen atoms in total. The van der Waals surface area contributed by atoms with Crippen LogP contribution in [0.15, 0.2) is 36.4 Å². The lowest BCUT2D eigenvalue weighted by Gasteiger charge is -1.99. The summed E-state index contributed by atoms with van der Waals surface area (Å²) in [6, 6.07) is 10.7. The maximum Gasteiger partial charge on any atom is 0.338 e. The smallest absolute Gasteiger partial charge is 0.338 e. The maximum atomic E-state index is 11.1. The molecule has 0 aliphatic carbocycles. The van der Waals surface area contributed by atoms with Crippen molar-refractivity contribution in [3.05, 3.63) is 52.4 Å². The number of benzene rings is 1. The summed E-state index contributed by atoms with van der Waals surface area (Å²) in [7, 11) is 0. The fourth-order valence-corrected chi connectivity index (χ4v) is 2.89. The number of carbonyl (C=O) groups excluding carboxylic acids is 1. The molecule has 0 aliphatic rings. The minimum atomic E-state index is -1.07. The van der Waals surface area contributed by atoms with Crippen LogP contribution in [0.4, 0.5) is 9.80 Å². The van der Waals surface area contributed by atoms with E-state index in [1.54, 1.807) is 6.07 Å². The fraction of sp³-hybridized carbons (Fsp3) is 0.143. The van der Waals surface area contributed by atoms with Gasteiger partial charge in [0.1, 0.15) is 5.00 Å². The van der Waals surface area contributed by atoms with Crippen molar-refractivity contribution in [2.75, 3.05) is 5.32 Å². The summed E-state index contributed by atoms with van der Waals surface area (Å²) in [5, 5.41) is 11.7. The average Bonchev–Trinajstić information content (AvgIpc) is 2.80. The third-order valence-electron chi connectivity index (χ3n) is 2.75. The molecule has 4 N–H and O–H groups in total. The van der Waals surface area contributed by atoms with E-state index in [4.69, 9.17) is 10.8 Å². The van der Waals surface area contributed by atoms with E-state index in [0.29, 0.717) is 0 Å². The highest BCUT2D eigenvalue weighted by Crippen LogP contribution is 2.29. The average molecular weight is 290 g/mol. The summed E-state index contributed by atoms with van der Waals surface area (Å²) < 4.78 is 0. The Bertz CT molecular complexity index is 623. The van der Waals surface area contributed by atoms with Crippen LogP contribution in [0.3, 0.4) is 0 Å². The van der Waals surface area contributed by atoms with E-state index in [9.17, 15) is 9.59 Å². The number of urea groups is 1. The Morgan fingerprint density at radius 3 is 2.50 bits per heavy atom. The summed E-state index contributed by atoms with van der Waals surface area (Å²) in [6.07, 6.45) is 1.53. The normalized spacial score (nSPS) is 10.2. The van der Waals surface area contributed by atoms with Crippen molar-refractivity contribution < 1.29 is 14.7 Å². The molecule has 1 aromatic carbocycles. The van der Waals surface area contributed by atoms with Gasteiger partial charge in [0.25, 0.3) is 0 Å². The van der Waals surface area contributed by atoms with Gasteiger partial charge in [-0.25, -0.2) is 9.59 Å². The van der Waals surface area contributed by atoms with E-state index in [0.717, 1.165) is 17.7 Å². The number of aryl methyl sites for hydroxylation is 2. The Labute approximate surface area is 120 Å². The zero-order chi connectivity index (χ0) is 14.5. The molecule has 2 aromatic rings. The van der Waals surface area contributed by atoms with Crippen molar-refractivity contribution >= 4 is 28.3 Å². The predicted molar refractivity (Wildman–Crippen MR) is 78.3 cm³/mol. The van der Waals surface area contributed by atoms with Crippen LogP contribution < -0.4 is 11.1 Å². The van der Waals surface area contributed by atoms with E-state index < -0.39 is 12.0 Å². The number of rotatable bonds is 5. The molecular formula is C14H14N2O3S. The second kappa shape index (κ2) is 6.21. The summed E-state index contributed by atoms with van der Waals surface area (Å²) in [5.74, 6) is -1.07. The molecule has 104 valence electrons. The van der Waals surface area contributed by atoms with Crippen LogP contribution in [0.25, 0.3) is 0 Å². The van der Waals surface area contributed by atoms with Crippen molar-refractivity contribution in [2.24, 2.45) is 5.73 Å². The monoisotopic (exact) mass is 290 g/mol. The first-order valence-corrected chi connectivity index (χ1v) is 6.84. The van der Waals surface area contributed by atoms with Crippen molar-refractivity contribution in [3.63, 3.8) is 0 Å². The first-order chi connectivity index (χ1) is 9.56. The molecule has 20 heavy (non-hydrogen) atoms. The lowest BCUT2D eigenvalue weighted by Crippen LogP contribution is -2.19. The van der Waals surface area contributed by atoms with E-state index in [2.05, 4.69) is 5.32 Å². The van der Waals surface area contributed by atoms with Crippen LogP contribution in [-0.2, 0) is 12.8 Å². The van der Waals surface area contributed by atoms with Crippen molar-refractivity contribution in [1.82, 2.24) is 0 Å². The van der Waals surface area contributed by atoms with Gasteiger partial charge in [0.15, 0.2) is 0 Å². The van der Waals surface area contributed by atoms with Crippen LogP contribution >= 0.6 is 11.3 Å². The number of hydrogen-bond donors (Lipinski definition) is 3. The number of anilines is 1. The molecule has 0 spiro atoms. The van der Waals surface area contributed by atoms with E-state index in [1.807, 2.05) is 30.3 Å². The number of hydrogen-bond acceptors (Lipinski definition) is 3. The van der Waals surface area contributed by atoms with Gasteiger partial charge in [-0.1, -0.05) is 30.3 Å². The molecule has 0 unspecified atom stereocenters. The molecule has 0 bridgehead atoms. The van der Waals surface area contributed by atoms with Crippen LogP contribution in [0.1, 0.15) is 20.8 Å². The largest absolute Gasteiger partial charge is 0.478 e. The third-order valence-corrected chi connectivity index (χ3v) is 3.86. The third kappa shape index (κ3) is 3.58. The van der Waals surface area contributed by atoms with Gasteiger partial charge in [0.2, 0.25) is 0 Å². The number of thiophene rings is 1. The SMILES string of the molecule is NC(=O)Nc1sc(CCc2ccccc2)cc1C(=O)O. The topological polar surface area (TPSA) is 92.4 Å². The Hall–Kier alpha value is -2.34. The Kier molecular flexibility index (Phi) is 4.37. The first kappa shape index (κ1) is 14.1. The quantitative estimate of drug-likeness (QED) is 0.790. The van der Waals surface area contributed by atoms with Crippen LogP contribution in [-0.4, -0.2) is 17.1 Å². The van der Waals surface area contributed by atoms with Gasteiger partial charge in [0, 0.05) is 4.88 Å². The molecule has 2 rings (SSSR count). The van der Waals surface area contributed by atoms with Crippen LogP contribution in [0, 0.1) is 0 Å². The fourth-order valence-electron chi connectivity index (χ4n) is 1.84. The highest BCUT2D eigenvalue weighted by molar-refractivity contribution is 7.16. The highest BCUT2D eigenvalue weighted by Gasteiger charge is 2.16. The summed E-state index contributed by atoms with van der Waals surface area (Å²) in [5.41, 5.74) is 6.29. The standard InChI is InChI=1S/C14H14N2O3S/c15-14(19)16-12-11(13(17)18)8-10(20-12)7-6-9-4-2-1-3-5-9/h1-5,8H,6-7H2,(H,17,18)(H3,15,16,19). The number of carbonyl (C=O) groups is 2. The Balaban J connectivity index is 2.12. The Morgan fingerprint density at radius 2 is 1.90 bits per heavy atom. The van der Waals surface area contributed by atoms with Crippen molar-refractivity contribution in [2.45, 2.75) is 12.8 Å². The summed E-state index contributed by atoms with van der Waals surface area (Å²) in [6.45, 7) is 0. The molecule has 2 amide bonds. The second-order valence-corrected chi connectivity index (χ2v) is 5.37. The van der Waals surface area contributed by atoms with Crippen molar-refractivity contribution in [1.29, 1.82) is 0 Å². The highest BCUT2D eigenvalue weighted by atomic mass is 32.1. The minimum absolute atomic E-state index is 0.0804. The van der Waals surface area contributed by atoms with Gasteiger partial charge in [-0.05, 0) is 24.5 Å². The number of carboxylic acid groups (broad SMARTS) is 1. The number of nitrogens with one attached hydrogen (secondary N) is 1. The molecule has 0 saturated carbocycles. The Morgan fingerprint density at radius 1 is 1.20 bits per heavy atom. The molecule has 0 aliphatic heterocycles. The van der Waals surface area contributed by atoms with Gasteiger partial charge >= 0.3 is 12.0 Å². The lowest BCUT2D eigenvalue weighted by atomic mass is 10.1. The number of nitrogens with two attached hydrogens (primary N) is 1. The second-order valence-electron chi connectivity index (χ2n) is 4.24. The van der Waals surface area contributed by atoms with Crippen LogP contribution in [0.2, 0.25) is 0 Å². The van der Waals surface area contributed by atoms with Gasteiger partial charge in [-0.3, -0.25) is 5.32 Å². The van der Waals surface area contributed by atoms with Gasteiger partial charge in [-0.2, -0.15) is 0 Å². The molecule has 6 heteroatoms. The molecule has 1 aromatic heterocycles. The summed E-state index contributed by atoms with van der Waals surface area (Å²) >= 11 is 1.24. The van der Waals surface area contributed by atoms with Crippen LogP contribution in [0.5, 0.6) is 0 Å². The van der Waals surface area contributed by atoms with E-state index >= 15 is 0 Å². The zero-order valence-corrected chi connectivity index (χ0v) is 11.4. The summed E-state index contributed by atoms with van der Waals surface area (Å²) in [4.78, 5) is 22.9. The molecule has 0 saturated heterocycles. The molecule has 0 atom stereocenters. The lowest BCUT2D eigenvalue weighted by molar-refractivity contribution is 0.0698. The molecule has 0 fully saturated rings. The molecular weight excluding hydrogens is 276 g/mol. The zero-order valence-electron chi connectivity index (χ0n) is 10.6. The molecule has 0 radical (unpaired) electrons. The van der Waals surface area contributed by atoms with Gasteiger partial charge in [0.05, 0.1) is 5.56 Å². The van der Waals surface area contributed by atoms with Crippen molar-refractivity contribution in [3.8, 4) is 0 Å². The van der Waals surface area contributed by atoms with Gasteiger partial charge in [-0.15, -0.1) is 11.3 Å². The first-order valence-electron chi connectivity index (χ1n) is 6.02. The maximum absolute atomic E-state index is 11.1. The van der Waals surface area contributed by atoms with E-state index in [-0.39, 0.29) is 10.6 Å². The number of aromatic carboxylic acids is 1.